The van der Waals surface area contributed by atoms with Crippen LogP contribution < -0.4 is 5.73 Å². The Bertz CT molecular complexity index is 1040. The van der Waals surface area contributed by atoms with Crippen molar-refractivity contribution in [1.82, 2.24) is 14.8 Å². The molecule has 2 aromatic heterocycles. The maximum atomic E-state index is 13.9. The molecule has 1 aromatic carbocycles. The Morgan fingerprint density at radius 2 is 2.04 bits per heavy atom. The van der Waals surface area contributed by atoms with Crippen LogP contribution in [-0.4, -0.2) is 25.8 Å². The molecule has 25 heavy (non-hydrogen) atoms. The molecule has 0 atom stereocenters. The Balaban J connectivity index is 2.10. The number of benzene rings is 1. The first-order chi connectivity index (χ1) is 11.9. The van der Waals surface area contributed by atoms with E-state index in [0.29, 0.717) is 6.07 Å². The van der Waals surface area contributed by atoms with Crippen molar-refractivity contribution < 1.29 is 18.7 Å². The quantitative estimate of drug-likeness (QED) is 0.755. The zero-order valence-electron chi connectivity index (χ0n) is 12.4. The lowest BCUT2D eigenvalue weighted by Crippen LogP contribution is -2.01. The van der Waals surface area contributed by atoms with E-state index in [4.69, 9.17) is 10.8 Å². The van der Waals surface area contributed by atoms with Crippen molar-refractivity contribution in [3.05, 3.63) is 59.4 Å². The number of aromatic carboxylic acids is 1. The van der Waals surface area contributed by atoms with E-state index in [9.17, 15) is 18.8 Å². The summed E-state index contributed by atoms with van der Waals surface area (Å²) in [5.74, 6) is -2.90. The normalized spacial score (nSPS) is 10.4. The van der Waals surface area contributed by atoms with Crippen molar-refractivity contribution in [2.75, 3.05) is 5.73 Å². The van der Waals surface area contributed by atoms with E-state index < -0.39 is 17.6 Å². The van der Waals surface area contributed by atoms with Crippen LogP contribution in [0.5, 0.6) is 0 Å². The summed E-state index contributed by atoms with van der Waals surface area (Å²) in [7, 11) is 0. The van der Waals surface area contributed by atoms with Gasteiger partial charge < -0.3 is 10.8 Å². The SMILES string of the molecule is N#Cc1cc(-n2cc(C(=O)O)c(N)n2)ncc1-c1ccc(F)cc1F. The molecule has 0 unspecified atom stereocenters. The summed E-state index contributed by atoms with van der Waals surface area (Å²) in [6.07, 6.45) is 2.38. The number of nitrogens with zero attached hydrogens (tertiary/aromatic N) is 4. The molecule has 0 fully saturated rings. The predicted molar refractivity (Wildman–Crippen MR) is 82.8 cm³/mol. The van der Waals surface area contributed by atoms with Crippen molar-refractivity contribution in [2.45, 2.75) is 0 Å². The van der Waals surface area contributed by atoms with Crippen LogP contribution in [-0.2, 0) is 0 Å². The average molecular weight is 341 g/mol. The summed E-state index contributed by atoms with van der Waals surface area (Å²) in [6, 6.07) is 6.18. The number of pyridine rings is 1. The number of nitrogens with two attached hydrogens (primary N) is 1. The molecule has 0 aliphatic carbocycles. The zero-order valence-corrected chi connectivity index (χ0v) is 12.4. The number of carbonyl (C=O) groups is 1. The summed E-state index contributed by atoms with van der Waals surface area (Å²) in [6.45, 7) is 0. The number of halogens is 2. The van der Waals surface area contributed by atoms with Crippen molar-refractivity contribution in [3.8, 4) is 23.0 Å². The Hall–Kier alpha value is -3.80. The second kappa shape index (κ2) is 6.01. The van der Waals surface area contributed by atoms with E-state index in [1.54, 1.807) is 0 Å². The number of nitrogen functional groups attached to an aromatic ring is 1. The molecule has 124 valence electrons. The third-order valence-corrected chi connectivity index (χ3v) is 3.44. The predicted octanol–water partition coefficient (Wildman–Crippen LogP) is 2.36. The van der Waals surface area contributed by atoms with Gasteiger partial charge in [0.1, 0.15) is 17.2 Å². The van der Waals surface area contributed by atoms with Crippen LogP contribution in [0.4, 0.5) is 14.6 Å². The molecule has 3 aromatic rings. The van der Waals surface area contributed by atoms with Crippen molar-refractivity contribution in [1.29, 1.82) is 5.26 Å². The molecule has 0 aliphatic heterocycles. The Morgan fingerprint density at radius 3 is 2.64 bits per heavy atom. The van der Waals surface area contributed by atoms with Crippen molar-refractivity contribution in [2.24, 2.45) is 0 Å². The van der Waals surface area contributed by atoms with E-state index in [0.717, 1.165) is 16.9 Å². The van der Waals surface area contributed by atoms with Gasteiger partial charge in [-0.1, -0.05) is 0 Å². The molecule has 0 aliphatic rings. The minimum Gasteiger partial charge on any atom is -0.477 e. The first kappa shape index (κ1) is 16.1. The molecule has 2 heterocycles. The summed E-state index contributed by atoms with van der Waals surface area (Å²) in [5, 5.41) is 22.1. The number of anilines is 1. The van der Waals surface area contributed by atoms with Crippen LogP contribution in [0.1, 0.15) is 15.9 Å². The molecule has 0 amide bonds. The van der Waals surface area contributed by atoms with Gasteiger partial charge in [0.15, 0.2) is 11.6 Å². The molecular weight excluding hydrogens is 332 g/mol. The van der Waals surface area contributed by atoms with E-state index in [1.165, 1.54) is 18.3 Å². The lowest BCUT2D eigenvalue weighted by atomic mass is 10.0. The van der Waals surface area contributed by atoms with Crippen LogP contribution in [0.25, 0.3) is 16.9 Å². The minimum absolute atomic E-state index is 0.0169. The van der Waals surface area contributed by atoms with Crippen LogP contribution in [0.3, 0.4) is 0 Å². The van der Waals surface area contributed by atoms with Crippen molar-refractivity contribution >= 4 is 11.8 Å². The maximum absolute atomic E-state index is 13.9. The molecule has 3 N–H and O–H groups in total. The summed E-state index contributed by atoms with van der Waals surface area (Å²) in [5.41, 5.74) is 5.54. The summed E-state index contributed by atoms with van der Waals surface area (Å²) in [4.78, 5) is 15.1. The molecular formula is C16H9F2N5O2. The summed E-state index contributed by atoms with van der Waals surface area (Å²) >= 11 is 0. The smallest absolute Gasteiger partial charge is 0.341 e. The number of hydrogen-bond donors (Lipinski definition) is 2. The van der Waals surface area contributed by atoms with Gasteiger partial charge in [0, 0.05) is 35.7 Å². The fraction of sp³-hybridized carbons (Fsp3) is 0. The third-order valence-electron chi connectivity index (χ3n) is 3.44. The molecule has 0 radical (unpaired) electrons. The van der Waals surface area contributed by atoms with E-state index in [-0.39, 0.29) is 33.9 Å². The monoisotopic (exact) mass is 341 g/mol. The van der Waals surface area contributed by atoms with Gasteiger partial charge in [-0.05, 0) is 12.1 Å². The second-order valence-electron chi connectivity index (χ2n) is 5.00. The van der Waals surface area contributed by atoms with Gasteiger partial charge in [-0.25, -0.2) is 23.2 Å². The van der Waals surface area contributed by atoms with E-state index in [1.807, 2.05) is 6.07 Å². The average Bonchev–Trinajstić information content (AvgIpc) is 2.96. The van der Waals surface area contributed by atoms with Gasteiger partial charge in [0.05, 0.1) is 11.6 Å². The Morgan fingerprint density at radius 1 is 1.28 bits per heavy atom. The molecule has 0 saturated carbocycles. The molecule has 0 spiro atoms. The van der Waals surface area contributed by atoms with Crippen LogP contribution in [0.2, 0.25) is 0 Å². The number of nitriles is 1. The molecule has 0 bridgehead atoms. The number of rotatable bonds is 3. The lowest BCUT2D eigenvalue weighted by Gasteiger charge is -2.07. The third kappa shape index (κ3) is 2.88. The largest absolute Gasteiger partial charge is 0.477 e. The van der Waals surface area contributed by atoms with Gasteiger partial charge in [-0.3, -0.25) is 0 Å². The van der Waals surface area contributed by atoms with Gasteiger partial charge in [-0.15, -0.1) is 5.10 Å². The molecule has 9 heteroatoms. The van der Waals surface area contributed by atoms with E-state index >= 15 is 0 Å². The molecule has 3 rings (SSSR count). The standard InChI is InChI=1S/C16H9F2N5O2/c17-9-1-2-10(13(18)4-9)11-6-21-14(3-8(11)5-19)23-7-12(16(24)25)15(20)22-23/h1-4,6-7H,(H2,20,22)(H,24,25). The van der Waals surface area contributed by atoms with Gasteiger partial charge in [-0.2, -0.15) is 5.26 Å². The van der Waals surface area contributed by atoms with Gasteiger partial charge in [0.2, 0.25) is 0 Å². The van der Waals surface area contributed by atoms with Gasteiger partial charge in [0.25, 0.3) is 0 Å². The highest BCUT2D eigenvalue weighted by atomic mass is 19.1. The Labute approximate surface area is 139 Å². The topological polar surface area (TPSA) is 118 Å². The zero-order chi connectivity index (χ0) is 18.1. The Kier molecular flexibility index (Phi) is 3.86. The minimum atomic E-state index is -1.26. The van der Waals surface area contributed by atoms with Crippen molar-refractivity contribution in [3.63, 3.8) is 0 Å². The first-order valence-corrected chi connectivity index (χ1v) is 6.85. The van der Waals surface area contributed by atoms with Crippen LogP contribution in [0.15, 0.2) is 36.7 Å². The second-order valence-corrected chi connectivity index (χ2v) is 5.00. The van der Waals surface area contributed by atoms with E-state index in [2.05, 4.69) is 10.1 Å². The highest BCUT2D eigenvalue weighted by Gasteiger charge is 2.17. The highest BCUT2D eigenvalue weighted by molar-refractivity contribution is 5.92. The molecule has 7 nitrogen and oxygen atoms in total. The summed E-state index contributed by atoms with van der Waals surface area (Å²) < 4.78 is 28.1. The fourth-order valence-corrected chi connectivity index (χ4v) is 2.25. The van der Waals surface area contributed by atoms with Gasteiger partial charge >= 0.3 is 5.97 Å². The van der Waals surface area contributed by atoms with Crippen LogP contribution in [0, 0.1) is 23.0 Å². The van der Waals surface area contributed by atoms with Crippen LogP contribution >= 0.6 is 0 Å². The fourth-order valence-electron chi connectivity index (χ4n) is 2.25. The molecule has 0 saturated heterocycles. The first-order valence-electron chi connectivity index (χ1n) is 6.85. The maximum Gasteiger partial charge on any atom is 0.341 e. The number of carboxylic acids is 1. The number of carboxylic acid groups (broad SMARTS) is 1. The number of hydrogen-bond acceptors (Lipinski definition) is 5. The highest BCUT2D eigenvalue weighted by Crippen LogP contribution is 2.27. The number of aromatic nitrogens is 3. The lowest BCUT2D eigenvalue weighted by molar-refractivity contribution is 0.0698.